The molecule has 0 radical (unpaired) electrons. The van der Waals surface area contributed by atoms with Gasteiger partial charge in [-0.05, 0) is 37.9 Å². The molecule has 0 saturated carbocycles. The largest absolute Gasteiger partial charge is 0.506 e. The number of nitrogens with one attached hydrogen (secondary N) is 1. The van der Waals surface area contributed by atoms with Crippen LogP contribution in [0.1, 0.15) is 5.56 Å². The quantitative estimate of drug-likeness (QED) is 0.479. The molecule has 0 atom stereocenters. The standard InChI is InChI=1S/C8H7Br2N3O3/c9-4-1-3(2-12-13-8(11)16)6(14)5(10)7(4)15/h1-2,14-15H,(H3,11,13,16)/b12-2-. The van der Waals surface area contributed by atoms with Crippen LogP contribution in [0.25, 0.3) is 0 Å². The molecule has 0 heterocycles. The smallest absolute Gasteiger partial charge is 0.332 e. The van der Waals surface area contributed by atoms with E-state index in [0.29, 0.717) is 10.0 Å². The topological polar surface area (TPSA) is 108 Å². The molecule has 2 amide bonds. The summed E-state index contributed by atoms with van der Waals surface area (Å²) in [4.78, 5) is 10.3. The van der Waals surface area contributed by atoms with Crippen LogP contribution in [0.5, 0.6) is 11.5 Å². The van der Waals surface area contributed by atoms with Gasteiger partial charge in [0.2, 0.25) is 0 Å². The van der Waals surface area contributed by atoms with Gasteiger partial charge in [0.15, 0.2) is 0 Å². The number of primary amides is 1. The molecule has 0 bridgehead atoms. The number of rotatable bonds is 2. The van der Waals surface area contributed by atoms with Crippen molar-refractivity contribution in [3.8, 4) is 11.5 Å². The van der Waals surface area contributed by atoms with Crippen LogP contribution < -0.4 is 11.2 Å². The Morgan fingerprint density at radius 2 is 2.06 bits per heavy atom. The summed E-state index contributed by atoms with van der Waals surface area (Å²) in [6.45, 7) is 0. The molecule has 0 aliphatic rings. The molecule has 1 aromatic carbocycles. The molecule has 5 N–H and O–H groups in total. The number of urea groups is 1. The van der Waals surface area contributed by atoms with E-state index in [9.17, 15) is 15.0 Å². The maximum absolute atomic E-state index is 10.3. The Morgan fingerprint density at radius 3 is 2.62 bits per heavy atom. The van der Waals surface area contributed by atoms with Crippen molar-refractivity contribution in [2.24, 2.45) is 10.8 Å². The Kier molecular flexibility index (Phi) is 4.13. The zero-order valence-electron chi connectivity index (χ0n) is 7.74. The number of phenols is 2. The molecule has 0 saturated heterocycles. The number of aromatic hydroxyl groups is 2. The van der Waals surface area contributed by atoms with Gasteiger partial charge in [-0.3, -0.25) is 0 Å². The monoisotopic (exact) mass is 351 g/mol. The molecule has 86 valence electrons. The molecular formula is C8H7Br2N3O3. The summed E-state index contributed by atoms with van der Waals surface area (Å²) in [5, 5.41) is 22.5. The molecular weight excluding hydrogens is 346 g/mol. The van der Waals surface area contributed by atoms with E-state index in [4.69, 9.17) is 5.73 Å². The first-order valence-corrected chi connectivity index (χ1v) is 5.50. The van der Waals surface area contributed by atoms with E-state index < -0.39 is 6.03 Å². The highest BCUT2D eigenvalue weighted by Crippen LogP contribution is 2.40. The van der Waals surface area contributed by atoms with E-state index in [2.05, 4.69) is 37.0 Å². The number of nitrogens with two attached hydrogens (primary N) is 1. The number of carbonyl (C=O) groups is 1. The lowest BCUT2D eigenvalue weighted by atomic mass is 10.2. The van der Waals surface area contributed by atoms with Crippen molar-refractivity contribution >= 4 is 44.1 Å². The van der Waals surface area contributed by atoms with E-state index in [1.807, 2.05) is 5.43 Å². The molecule has 6 nitrogen and oxygen atoms in total. The van der Waals surface area contributed by atoms with Crippen LogP contribution in [0.15, 0.2) is 20.1 Å². The molecule has 1 aromatic rings. The van der Waals surface area contributed by atoms with Gasteiger partial charge >= 0.3 is 6.03 Å². The lowest BCUT2D eigenvalue weighted by molar-refractivity contribution is 0.249. The van der Waals surface area contributed by atoms with Crippen molar-refractivity contribution in [1.29, 1.82) is 0 Å². The van der Waals surface area contributed by atoms with Crippen molar-refractivity contribution in [1.82, 2.24) is 5.43 Å². The Morgan fingerprint density at radius 1 is 1.44 bits per heavy atom. The van der Waals surface area contributed by atoms with Crippen LogP contribution in [-0.4, -0.2) is 22.5 Å². The number of carbonyl (C=O) groups excluding carboxylic acids is 1. The van der Waals surface area contributed by atoms with Gasteiger partial charge in [-0.1, -0.05) is 0 Å². The number of hydrazone groups is 1. The second kappa shape index (κ2) is 5.17. The van der Waals surface area contributed by atoms with Crippen molar-refractivity contribution < 1.29 is 15.0 Å². The molecule has 0 aromatic heterocycles. The number of hydrogen-bond acceptors (Lipinski definition) is 4. The number of benzene rings is 1. The Bertz CT molecular complexity index is 462. The van der Waals surface area contributed by atoms with E-state index in [0.717, 1.165) is 0 Å². The summed E-state index contributed by atoms with van der Waals surface area (Å²) >= 11 is 6.08. The van der Waals surface area contributed by atoms with Gasteiger partial charge in [0.05, 0.1) is 10.7 Å². The zero-order valence-corrected chi connectivity index (χ0v) is 10.9. The second-order valence-electron chi connectivity index (χ2n) is 2.69. The predicted molar refractivity (Wildman–Crippen MR) is 65.5 cm³/mol. The fourth-order valence-electron chi connectivity index (χ4n) is 0.881. The lowest BCUT2D eigenvalue weighted by Gasteiger charge is -2.05. The van der Waals surface area contributed by atoms with Gasteiger partial charge < -0.3 is 15.9 Å². The molecule has 0 aliphatic carbocycles. The van der Waals surface area contributed by atoms with Gasteiger partial charge in [0.1, 0.15) is 16.0 Å². The first-order chi connectivity index (χ1) is 7.43. The van der Waals surface area contributed by atoms with E-state index >= 15 is 0 Å². The summed E-state index contributed by atoms with van der Waals surface area (Å²) in [6, 6.07) is 0.620. The predicted octanol–water partition coefficient (Wildman–Crippen LogP) is 1.62. The van der Waals surface area contributed by atoms with Gasteiger partial charge in [-0.25, -0.2) is 10.2 Å². The van der Waals surface area contributed by atoms with E-state index in [1.165, 1.54) is 12.3 Å². The van der Waals surface area contributed by atoms with Crippen LogP contribution in [0.3, 0.4) is 0 Å². The first kappa shape index (κ1) is 12.8. The number of phenolic OH excluding ortho intramolecular Hbond substituents is 2. The number of amides is 2. The SMILES string of the molecule is NC(=O)N/N=C\c1cc(Br)c(O)c(Br)c1O. The minimum atomic E-state index is -0.812. The number of nitrogens with zero attached hydrogens (tertiary/aromatic N) is 1. The van der Waals surface area contributed by atoms with E-state index in [-0.39, 0.29) is 16.0 Å². The molecule has 8 heteroatoms. The van der Waals surface area contributed by atoms with Crippen LogP contribution in [-0.2, 0) is 0 Å². The second-order valence-corrected chi connectivity index (χ2v) is 4.34. The van der Waals surface area contributed by atoms with Gasteiger partial charge in [0.25, 0.3) is 0 Å². The van der Waals surface area contributed by atoms with Crippen molar-refractivity contribution in [2.75, 3.05) is 0 Å². The summed E-state index contributed by atoms with van der Waals surface area (Å²) < 4.78 is 0.500. The third-order valence-corrected chi connectivity index (χ3v) is 2.93. The average Bonchev–Trinajstić information content (AvgIpc) is 2.22. The number of halogens is 2. The normalized spacial score (nSPS) is 10.6. The van der Waals surface area contributed by atoms with E-state index in [1.54, 1.807) is 0 Å². The van der Waals surface area contributed by atoms with Crippen molar-refractivity contribution in [3.63, 3.8) is 0 Å². The Balaban J connectivity index is 3.06. The summed E-state index contributed by atoms with van der Waals surface area (Å²) in [5.74, 6) is -0.326. The molecule has 0 fully saturated rings. The highest BCUT2D eigenvalue weighted by Gasteiger charge is 2.12. The molecule has 16 heavy (non-hydrogen) atoms. The van der Waals surface area contributed by atoms with Crippen LogP contribution >= 0.6 is 31.9 Å². The Labute approximate surface area is 107 Å². The third kappa shape index (κ3) is 2.86. The highest BCUT2D eigenvalue weighted by molar-refractivity contribution is 9.11. The first-order valence-electron chi connectivity index (χ1n) is 3.92. The minimum absolute atomic E-state index is 0.127. The van der Waals surface area contributed by atoms with Gasteiger partial charge in [-0.15, -0.1) is 0 Å². The summed E-state index contributed by atoms with van der Waals surface area (Å²) in [5.41, 5.74) is 7.07. The lowest BCUT2D eigenvalue weighted by Crippen LogP contribution is -2.24. The fraction of sp³-hybridized carbons (Fsp3) is 0. The van der Waals surface area contributed by atoms with Crippen LogP contribution in [0, 0.1) is 0 Å². The van der Waals surface area contributed by atoms with Crippen molar-refractivity contribution in [3.05, 3.63) is 20.6 Å². The number of hydrogen-bond donors (Lipinski definition) is 4. The maximum atomic E-state index is 10.3. The molecule has 0 unspecified atom stereocenters. The van der Waals surface area contributed by atoms with Crippen molar-refractivity contribution in [2.45, 2.75) is 0 Å². The van der Waals surface area contributed by atoms with Gasteiger partial charge in [0, 0.05) is 5.56 Å². The summed E-state index contributed by atoms with van der Waals surface area (Å²) in [6.07, 6.45) is 1.19. The highest BCUT2D eigenvalue weighted by atomic mass is 79.9. The summed E-state index contributed by atoms with van der Waals surface area (Å²) in [7, 11) is 0. The van der Waals surface area contributed by atoms with Crippen LogP contribution in [0.2, 0.25) is 0 Å². The Hall–Kier alpha value is -1.28. The van der Waals surface area contributed by atoms with Gasteiger partial charge in [-0.2, -0.15) is 5.10 Å². The maximum Gasteiger partial charge on any atom is 0.332 e. The third-order valence-electron chi connectivity index (χ3n) is 1.58. The molecule has 0 aliphatic heterocycles. The molecule has 1 rings (SSSR count). The van der Waals surface area contributed by atoms with Crippen LogP contribution in [0.4, 0.5) is 4.79 Å². The fourth-order valence-corrected chi connectivity index (χ4v) is 2.03. The average molecular weight is 353 g/mol. The minimum Gasteiger partial charge on any atom is -0.506 e. The molecule has 0 spiro atoms. The zero-order chi connectivity index (χ0) is 12.3.